The minimum Gasteiger partial charge on any atom is -0.296 e. The van der Waals surface area contributed by atoms with Gasteiger partial charge in [-0.05, 0) is 38.4 Å². The molecule has 2 heterocycles. The van der Waals surface area contributed by atoms with Crippen molar-refractivity contribution in [3.8, 4) is 11.3 Å². The molecule has 0 amide bonds. The van der Waals surface area contributed by atoms with E-state index in [-0.39, 0.29) is 5.02 Å². The zero-order valence-corrected chi connectivity index (χ0v) is 14.1. The van der Waals surface area contributed by atoms with Crippen molar-refractivity contribution >= 4 is 22.9 Å². The number of benzene rings is 1. The average molecular weight is 361 g/mol. The average Bonchev–Trinajstić information content (AvgIpc) is 3.09. The Bertz CT molecular complexity index is 699. The van der Waals surface area contributed by atoms with E-state index in [1.54, 1.807) is 11.6 Å². The lowest BCUT2D eigenvalue weighted by molar-refractivity contribution is -0.137. The van der Waals surface area contributed by atoms with Crippen molar-refractivity contribution < 1.29 is 13.2 Å². The summed E-state index contributed by atoms with van der Waals surface area (Å²) in [4.78, 5) is 7.63. The molecule has 23 heavy (non-hydrogen) atoms. The fourth-order valence-electron chi connectivity index (χ4n) is 2.92. The predicted octanol–water partition coefficient (Wildman–Crippen LogP) is 5.47. The van der Waals surface area contributed by atoms with Crippen LogP contribution < -0.4 is 0 Å². The summed E-state index contributed by atoms with van der Waals surface area (Å²) >= 11 is 7.18. The van der Waals surface area contributed by atoms with Gasteiger partial charge < -0.3 is 0 Å². The number of alkyl halides is 3. The second-order valence-electron chi connectivity index (χ2n) is 5.78. The molecule has 1 aliphatic rings. The maximum atomic E-state index is 13.0. The molecule has 0 N–H and O–H groups in total. The van der Waals surface area contributed by atoms with Gasteiger partial charge in [0, 0.05) is 23.0 Å². The van der Waals surface area contributed by atoms with Crippen LogP contribution in [0.3, 0.4) is 0 Å². The van der Waals surface area contributed by atoms with Gasteiger partial charge in [-0.2, -0.15) is 13.2 Å². The summed E-state index contributed by atoms with van der Waals surface area (Å²) in [7, 11) is 0. The third-order valence-electron chi connectivity index (χ3n) is 4.22. The molecule has 2 aromatic rings. The maximum Gasteiger partial charge on any atom is 0.417 e. The predicted molar refractivity (Wildman–Crippen MR) is 86.7 cm³/mol. The van der Waals surface area contributed by atoms with Crippen LogP contribution in [-0.2, 0) is 12.7 Å². The molecule has 0 bridgehead atoms. The number of likely N-dealkylation sites (tertiary alicyclic amines) is 1. The van der Waals surface area contributed by atoms with Gasteiger partial charge in [-0.25, -0.2) is 4.98 Å². The van der Waals surface area contributed by atoms with Gasteiger partial charge in [0.25, 0.3) is 0 Å². The summed E-state index contributed by atoms with van der Waals surface area (Å²) in [5, 5.41) is -0.286. The van der Waals surface area contributed by atoms with E-state index in [9.17, 15) is 13.2 Å². The third-order valence-corrected chi connectivity index (χ3v) is 5.37. The van der Waals surface area contributed by atoms with Crippen molar-refractivity contribution in [1.29, 1.82) is 0 Å². The van der Waals surface area contributed by atoms with Crippen LogP contribution in [-0.4, -0.2) is 22.5 Å². The molecule has 2 nitrogen and oxygen atoms in total. The molecule has 0 saturated carbocycles. The van der Waals surface area contributed by atoms with E-state index in [0.29, 0.717) is 17.3 Å². The van der Waals surface area contributed by atoms with E-state index in [0.717, 1.165) is 36.9 Å². The maximum absolute atomic E-state index is 13.0. The fraction of sp³-hybridized carbons (Fsp3) is 0.438. The number of nitrogens with zero attached hydrogens (tertiary/aromatic N) is 2. The number of thiazole rings is 1. The molecule has 3 rings (SSSR count). The Morgan fingerprint density at radius 2 is 2.17 bits per heavy atom. The SMILES string of the molecule is C[C@@H]1CCCN1Cc1scnc1-c1ccc(Cl)c(C(F)(F)F)c1. The second-order valence-corrected chi connectivity index (χ2v) is 7.12. The fourth-order valence-corrected chi connectivity index (χ4v) is 3.95. The van der Waals surface area contributed by atoms with Crippen LogP contribution in [0.5, 0.6) is 0 Å². The number of hydrogen-bond acceptors (Lipinski definition) is 3. The van der Waals surface area contributed by atoms with Gasteiger partial charge >= 0.3 is 6.18 Å². The highest BCUT2D eigenvalue weighted by atomic mass is 35.5. The van der Waals surface area contributed by atoms with Crippen molar-refractivity contribution in [3.63, 3.8) is 0 Å². The van der Waals surface area contributed by atoms with Crippen molar-refractivity contribution in [2.75, 3.05) is 6.54 Å². The van der Waals surface area contributed by atoms with Gasteiger partial charge in [-0.15, -0.1) is 11.3 Å². The molecule has 1 fully saturated rings. The third kappa shape index (κ3) is 3.54. The standard InChI is InChI=1S/C16H16ClF3N2S/c1-10-3-2-6-22(10)8-14-15(21-9-23-14)11-4-5-13(17)12(7-11)16(18,19)20/h4-5,7,9-10H,2-3,6,8H2,1H3/t10-/m1/s1. The van der Waals surface area contributed by atoms with Gasteiger partial charge in [0.1, 0.15) is 0 Å². The zero-order chi connectivity index (χ0) is 16.6. The second kappa shape index (κ2) is 6.42. The van der Waals surface area contributed by atoms with Crippen LogP contribution in [0.2, 0.25) is 5.02 Å². The van der Waals surface area contributed by atoms with Crippen molar-refractivity contribution in [3.05, 3.63) is 39.2 Å². The summed E-state index contributed by atoms with van der Waals surface area (Å²) < 4.78 is 39.1. The summed E-state index contributed by atoms with van der Waals surface area (Å²) in [6.07, 6.45) is -2.14. The lowest BCUT2D eigenvalue weighted by Gasteiger charge is -2.20. The number of aromatic nitrogens is 1. The van der Waals surface area contributed by atoms with Crippen molar-refractivity contribution in [2.45, 2.75) is 38.5 Å². The molecule has 1 aliphatic heterocycles. The monoisotopic (exact) mass is 360 g/mol. The van der Waals surface area contributed by atoms with E-state index in [4.69, 9.17) is 11.6 Å². The van der Waals surface area contributed by atoms with Crippen LogP contribution in [0.25, 0.3) is 11.3 Å². The van der Waals surface area contributed by atoms with Crippen molar-refractivity contribution in [2.24, 2.45) is 0 Å². The molecule has 7 heteroatoms. The van der Waals surface area contributed by atoms with Crippen LogP contribution in [0.4, 0.5) is 13.2 Å². The largest absolute Gasteiger partial charge is 0.417 e. The number of rotatable bonds is 3. The minimum atomic E-state index is -4.47. The van der Waals surface area contributed by atoms with Gasteiger partial charge in [0.05, 0.1) is 21.8 Å². The van der Waals surface area contributed by atoms with Crippen LogP contribution in [0, 0.1) is 0 Å². The molecule has 1 aromatic carbocycles. The molecule has 0 radical (unpaired) electrons. The zero-order valence-electron chi connectivity index (χ0n) is 12.5. The highest BCUT2D eigenvalue weighted by molar-refractivity contribution is 7.10. The topological polar surface area (TPSA) is 16.1 Å². The summed E-state index contributed by atoms with van der Waals surface area (Å²) in [5.74, 6) is 0. The van der Waals surface area contributed by atoms with Crippen LogP contribution in [0.1, 0.15) is 30.2 Å². The Morgan fingerprint density at radius 3 is 2.83 bits per heavy atom. The highest BCUT2D eigenvalue weighted by Crippen LogP contribution is 2.38. The van der Waals surface area contributed by atoms with Gasteiger partial charge in [-0.3, -0.25) is 4.90 Å². The Labute approximate surface area is 141 Å². The molecule has 1 atom stereocenters. The molecule has 1 aromatic heterocycles. The lowest BCUT2D eigenvalue weighted by Crippen LogP contribution is -2.25. The first kappa shape index (κ1) is 16.7. The first-order valence-corrected chi connectivity index (χ1v) is 8.65. The molecule has 0 unspecified atom stereocenters. The number of hydrogen-bond donors (Lipinski definition) is 0. The molecule has 1 saturated heterocycles. The molecule has 0 spiro atoms. The number of halogens is 4. The van der Waals surface area contributed by atoms with E-state index in [2.05, 4.69) is 16.8 Å². The van der Waals surface area contributed by atoms with E-state index < -0.39 is 11.7 Å². The molecule has 0 aliphatic carbocycles. The summed E-state index contributed by atoms with van der Waals surface area (Å²) in [5.41, 5.74) is 1.96. The Balaban J connectivity index is 1.92. The summed E-state index contributed by atoms with van der Waals surface area (Å²) in [6.45, 7) is 3.93. The normalized spacial score (nSPS) is 19.4. The molecular formula is C16H16ClF3N2S. The molecular weight excluding hydrogens is 345 g/mol. The first-order chi connectivity index (χ1) is 10.9. The van der Waals surface area contributed by atoms with Gasteiger partial charge in [0.2, 0.25) is 0 Å². The van der Waals surface area contributed by atoms with Crippen molar-refractivity contribution in [1.82, 2.24) is 9.88 Å². The Hall–Kier alpha value is -1.11. The van der Waals surface area contributed by atoms with E-state index >= 15 is 0 Å². The van der Waals surface area contributed by atoms with Crippen LogP contribution in [0.15, 0.2) is 23.7 Å². The Morgan fingerprint density at radius 1 is 1.39 bits per heavy atom. The molecule has 124 valence electrons. The van der Waals surface area contributed by atoms with E-state index in [1.165, 1.54) is 17.4 Å². The quantitative estimate of drug-likeness (QED) is 0.721. The highest BCUT2D eigenvalue weighted by Gasteiger charge is 2.33. The Kier molecular flexibility index (Phi) is 4.67. The summed E-state index contributed by atoms with van der Waals surface area (Å²) in [6, 6.07) is 4.49. The lowest BCUT2D eigenvalue weighted by atomic mass is 10.1. The smallest absolute Gasteiger partial charge is 0.296 e. The first-order valence-electron chi connectivity index (χ1n) is 7.40. The van der Waals surface area contributed by atoms with Gasteiger partial charge in [0.15, 0.2) is 0 Å². The van der Waals surface area contributed by atoms with E-state index in [1.807, 2.05) is 0 Å². The van der Waals surface area contributed by atoms with Gasteiger partial charge in [-0.1, -0.05) is 17.7 Å². The van der Waals surface area contributed by atoms with Crippen LogP contribution >= 0.6 is 22.9 Å². The minimum absolute atomic E-state index is 0.286.